The molecule has 0 aromatic heterocycles. The molecule has 0 spiro atoms. The summed E-state index contributed by atoms with van der Waals surface area (Å²) >= 11 is 0. The molecule has 2 saturated carbocycles. The number of rotatable bonds is 2. The molecule has 0 aromatic carbocycles. The lowest BCUT2D eigenvalue weighted by molar-refractivity contribution is -0.146. The third kappa shape index (κ3) is 2.33. The molecule has 2 aliphatic heterocycles. The average molecular weight is 303 g/mol. The van der Waals surface area contributed by atoms with Crippen LogP contribution < -0.4 is 0 Å². The van der Waals surface area contributed by atoms with Gasteiger partial charge in [0, 0.05) is 12.5 Å². The third-order valence-corrected chi connectivity index (χ3v) is 6.97. The van der Waals surface area contributed by atoms with Crippen LogP contribution in [0.5, 0.6) is 0 Å². The van der Waals surface area contributed by atoms with E-state index in [2.05, 4.69) is 18.4 Å². The molecule has 0 bridgehead atoms. The summed E-state index contributed by atoms with van der Waals surface area (Å²) in [5, 5.41) is 0. The van der Waals surface area contributed by atoms with E-state index in [0.717, 1.165) is 32.5 Å². The van der Waals surface area contributed by atoms with Gasteiger partial charge in [0.05, 0.1) is 5.92 Å². The lowest BCUT2D eigenvalue weighted by Crippen LogP contribution is -2.45. The van der Waals surface area contributed by atoms with Crippen molar-refractivity contribution in [1.82, 2.24) is 4.90 Å². The van der Waals surface area contributed by atoms with Gasteiger partial charge in [-0.2, -0.15) is 0 Å². The predicted molar refractivity (Wildman–Crippen MR) is 86.4 cm³/mol. The summed E-state index contributed by atoms with van der Waals surface area (Å²) in [6, 6.07) is 0. The fraction of sp³-hybridized carbons (Fsp3) is 0.842. The predicted octanol–water partition coefficient (Wildman–Crippen LogP) is 3.40. The van der Waals surface area contributed by atoms with E-state index in [1.807, 2.05) is 0 Å². The van der Waals surface area contributed by atoms with Gasteiger partial charge in [0.2, 0.25) is 0 Å². The van der Waals surface area contributed by atoms with Gasteiger partial charge in [-0.15, -0.1) is 0 Å². The second kappa shape index (κ2) is 5.36. The quantitative estimate of drug-likeness (QED) is 0.578. The summed E-state index contributed by atoms with van der Waals surface area (Å²) in [7, 11) is 0. The van der Waals surface area contributed by atoms with Crippen LogP contribution in [0.4, 0.5) is 0 Å². The maximum atomic E-state index is 12.4. The van der Waals surface area contributed by atoms with Crippen LogP contribution in [0.3, 0.4) is 0 Å². The van der Waals surface area contributed by atoms with Crippen LogP contribution in [0.15, 0.2) is 12.2 Å². The van der Waals surface area contributed by atoms with Crippen LogP contribution >= 0.6 is 0 Å². The van der Waals surface area contributed by atoms with Crippen molar-refractivity contribution in [3.05, 3.63) is 12.2 Å². The molecule has 0 amide bonds. The summed E-state index contributed by atoms with van der Waals surface area (Å²) in [6.45, 7) is 10.0. The highest BCUT2D eigenvalue weighted by Crippen LogP contribution is 2.56. The second-order valence-electron chi connectivity index (χ2n) is 8.41. The van der Waals surface area contributed by atoms with Gasteiger partial charge in [0.25, 0.3) is 0 Å². The number of carbonyl (C=O) groups is 1. The fourth-order valence-corrected chi connectivity index (χ4v) is 5.71. The van der Waals surface area contributed by atoms with Gasteiger partial charge >= 0.3 is 5.97 Å². The minimum Gasteiger partial charge on any atom is -0.462 e. The Bertz CT molecular complexity index is 482. The molecule has 2 saturated heterocycles. The van der Waals surface area contributed by atoms with E-state index in [9.17, 15) is 4.79 Å². The topological polar surface area (TPSA) is 29.5 Å². The molecule has 2 heterocycles. The van der Waals surface area contributed by atoms with Gasteiger partial charge < -0.3 is 9.64 Å². The van der Waals surface area contributed by atoms with E-state index < -0.39 is 0 Å². The molecule has 122 valence electrons. The average Bonchev–Trinajstić information content (AvgIpc) is 3.06. The zero-order chi connectivity index (χ0) is 15.3. The standard InChI is InChI=1S/C19H29NO2/c1-13-6-5-7-19(2)11-17-14(10-16(13)19)15(18(21)22-17)12-20-8-3-4-9-20/h14-17H,1,3-12H2,2H3/t14-,15-,16-,17+,19-/m1/s1. The number of carbonyl (C=O) groups excluding carboxylic acids is 1. The number of ether oxygens (including phenoxy) is 1. The van der Waals surface area contributed by atoms with Gasteiger partial charge in [0.1, 0.15) is 6.10 Å². The number of hydrogen-bond acceptors (Lipinski definition) is 3. The first-order valence-corrected chi connectivity index (χ1v) is 9.17. The minimum absolute atomic E-state index is 0.0785. The first kappa shape index (κ1) is 14.7. The molecular formula is C19H29NO2. The Morgan fingerprint density at radius 3 is 2.86 bits per heavy atom. The van der Waals surface area contributed by atoms with Crippen LogP contribution in [0.25, 0.3) is 0 Å². The Hall–Kier alpha value is -0.830. The molecule has 4 aliphatic rings. The van der Waals surface area contributed by atoms with Crippen LogP contribution in [0.1, 0.15) is 51.9 Å². The number of esters is 1. The Labute approximate surface area is 134 Å². The maximum absolute atomic E-state index is 12.4. The Morgan fingerprint density at radius 2 is 2.09 bits per heavy atom. The van der Waals surface area contributed by atoms with E-state index in [-0.39, 0.29) is 18.0 Å². The SMILES string of the molecule is C=C1CCC[C@]2(C)C[C@@H]3OC(=O)[C@H](CN4CCCC4)[C@H]3C[C@H]12. The van der Waals surface area contributed by atoms with E-state index in [0.29, 0.717) is 17.3 Å². The van der Waals surface area contributed by atoms with Gasteiger partial charge in [-0.1, -0.05) is 19.1 Å². The van der Waals surface area contributed by atoms with Crippen LogP contribution in [0, 0.1) is 23.2 Å². The van der Waals surface area contributed by atoms with Crippen LogP contribution in [0.2, 0.25) is 0 Å². The monoisotopic (exact) mass is 303 g/mol. The van der Waals surface area contributed by atoms with E-state index >= 15 is 0 Å². The summed E-state index contributed by atoms with van der Waals surface area (Å²) in [4.78, 5) is 14.9. The first-order chi connectivity index (χ1) is 10.6. The largest absolute Gasteiger partial charge is 0.462 e. The van der Waals surface area contributed by atoms with Crippen LogP contribution in [-0.2, 0) is 9.53 Å². The molecule has 22 heavy (non-hydrogen) atoms. The van der Waals surface area contributed by atoms with Crippen molar-refractivity contribution in [2.24, 2.45) is 23.2 Å². The second-order valence-corrected chi connectivity index (χ2v) is 8.41. The van der Waals surface area contributed by atoms with E-state index in [1.54, 1.807) is 0 Å². The lowest BCUT2D eigenvalue weighted by Gasteiger charge is -2.50. The van der Waals surface area contributed by atoms with Crippen LogP contribution in [-0.4, -0.2) is 36.6 Å². The van der Waals surface area contributed by atoms with Gasteiger partial charge in [-0.25, -0.2) is 0 Å². The Kier molecular flexibility index (Phi) is 3.60. The Morgan fingerprint density at radius 1 is 1.32 bits per heavy atom. The molecule has 2 aliphatic carbocycles. The van der Waals surface area contributed by atoms with Crippen molar-refractivity contribution in [3.63, 3.8) is 0 Å². The number of likely N-dealkylation sites (tertiary alicyclic amines) is 1. The number of nitrogens with zero attached hydrogens (tertiary/aromatic N) is 1. The summed E-state index contributed by atoms with van der Waals surface area (Å²) in [5.41, 5.74) is 1.76. The lowest BCUT2D eigenvalue weighted by atomic mass is 9.55. The normalized spacial score (nSPS) is 45.5. The van der Waals surface area contributed by atoms with Gasteiger partial charge in [-0.05, 0) is 69.4 Å². The molecule has 3 heteroatoms. The molecule has 4 rings (SSSR count). The summed E-state index contributed by atoms with van der Waals surface area (Å²) in [5.74, 6) is 1.23. The zero-order valence-corrected chi connectivity index (χ0v) is 13.9. The highest BCUT2D eigenvalue weighted by Gasteiger charge is 2.55. The molecule has 0 unspecified atom stereocenters. The molecular weight excluding hydrogens is 274 g/mol. The molecule has 4 fully saturated rings. The molecule has 3 nitrogen and oxygen atoms in total. The zero-order valence-electron chi connectivity index (χ0n) is 13.9. The first-order valence-electron chi connectivity index (χ1n) is 9.17. The van der Waals surface area contributed by atoms with Crippen molar-refractivity contribution in [2.75, 3.05) is 19.6 Å². The molecule has 5 atom stereocenters. The molecule has 0 radical (unpaired) electrons. The highest BCUT2D eigenvalue weighted by molar-refractivity contribution is 5.75. The molecule has 0 aromatic rings. The van der Waals surface area contributed by atoms with Crippen molar-refractivity contribution >= 4 is 5.97 Å². The van der Waals surface area contributed by atoms with Crippen molar-refractivity contribution < 1.29 is 9.53 Å². The summed E-state index contributed by atoms with van der Waals surface area (Å²) in [6.07, 6.45) is 8.65. The van der Waals surface area contributed by atoms with Crippen molar-refractivity contribution in [1.29, 1.82) is 0 Å². The highest BCUT2D eigenvalue weighted by atomic mass is 16.6. The number of hydrogen-bond donors (Lipinski definition) is 0. The summed E-state index contributed by atoms with van der Waals surface area (Å²) < 4.78 is 5.84. The van der Waals surface area contributed by atoms with Crippen molar-refractivity contribution in [2.45, 2.75) is 58.0 Å². The number of fused-ring (bicyclic) bond motifs is 2. The third-order valence-electron chi connectivity index (χ3n) is 6.97. The fourth-order valence-electron chi connectivity index (χ4n) is 5.71. The minimum atomic E-state index is 0.0785. The van der Waals surface area contributed by atoms with Gasteiger partial charge in [-0.3, -0.25) is 4.79 Å². The van der Waals surface area contributed by atoms with Crippen molar-refractivity contribution in [3.8, 4) is 0 Å². The smallest absolute Gasteiger partial charge is 0.310 e. The Balaban J connectivity index is 1.53. The maximum Gasteiger partial charge on any atom is 0.310 e. The number of allylic oxidation sites excluding steroid dienone is 1. The van der Waals surface area contributed by atoms with E-state index in [1.165, 1.54) is 37.7 Å². The van der Waals surface area contributed by atoms with E-state index in [4.69, 9.17) is 4.74 Å². The van der Waals surface area contributed by atoms with Gasteiger partial charge in [0.15, 0.2) is 0 Å². The molecule has 0 N–H and O–H groups in total.